The number of aromatic hydroxyl groups is 1. The van der Waals surface area contributed by atoms with Gasteiger partial charge in [0.05, 0.1) is 22.2 Å². The molecule has 2 aromatic rings. The minimum atomic E-state index is -1.30. The molecule has 2 aromatic carbocycles. The summed E-state index contributed by atoms with van der Waals surface area (Å²) in [5.41, 5.74) is 1.21. The molecule has 1 saturated heterocycles. The second-order valence-electron chi connectivity index (χ2n) is 5.26. The first-order valence-corrected chi connectivity index (χ1v) is 8.47. The fraction of sp³-hybridized carbons (Fsp3) is 0. The molecule has 0 atom stereocenters. The largest absolute Gasteiger partial charge is 0.507 e. The van der Waals surface area contributed by atoms with Gasteiger partial charge >= 0.3 is 5.97 Å². The average Bonchev–Trinajstić information content (AvgIpc) is 2.89. The number of aromatic carboxylic acids is 1. The molecule has 1 fully saturated rings. The Morgan fingerprint density at radius 3 is 2.54 bits per heavy atom. The molecule has 1 amide bonds. The Kier molecular flexibility index (Phi) is 4.75. The lowest BCUT2D eigenvalue weighted by molar-refractivity contribution is -0.113. The first-order chi connectivity index (χ1) is 12.4. The number of carboxylic acid groups (broad SMARTS) is 1. The van der Waals surface area contributed by atoms with Crippen molar-refractivity contribution >= 4 is 51.9 Å². The van der Waals surface area contributed by atoms with Crippen LogP contribution in [0.2, 0.25) is 0 Å². The van der Waals surface area contributed by atoms with Gasteiger partial charge in [0.25, 0.3) is 5.91 Å². The maximum absolute atomic E-state index is 12.7. The van der Waals surface area contributed by atoms with Crippen LogP contribution in [0, 0.1) is 11.3 Å². The molecular formula is C18H10N2O4S2. The third-order valence-corrected chi connectivity index (χ3v) is 4.90. The first kappa shape index (κ1) is 17.7. The van der Waals surface area contributed by atoms with E-state index < -0.39 is 5.97 Å². The molecule has 1 aliphatic heterocycles. The van der Waals surface area contributed by atoms with Gasteiger partial charge < -0.3 is 10.2 Å². The molecule has 1 heterocycles. The summed E-state index contributed by atoms with van der Waals surface area (Å²) < 4.78 is 0.261. The first-order valence-electron chi connectivity index (χ1n) is 7.25. The van der Waals surface area contributed by atoms with E-state index in [1.165, 1.54) is 23.1 Å². The number of benzene rings is 2. The lowest BCUT2D eigenvalue weighted by Gasteiger charge is -2.15. The molecule has 0 aliphatic carbocycles. The van der Waals surface area contributed by atoms with Crippen molar-refractivity contribution in [1.82, 2.24) is 0 Å². The van der Waals surface area contributed by atoms with Crippen LogP contribution in [0.15, 0.2) is 47.4 Å². The van der Waals surface area contributed by atoms with Gasteiger partial charge in [0.2, 0.25) is 0 Å². The minimum absolute atomic E-state index is 0.261. The van der Waals surface area contributed by atoms with Crippen LogP contribution in [0.25, 0.3) is 6.08 Å². The number of nitrogens with zero attached hydrogens (tertiary/aromatic N) is 2. The van der Waals surface area contributed by atoms with Crippen molar-refractivity contribution in [2.45, 2.75) is 0 Å². The van der Waals surface area contributed by atoms with Crippen LogP contribution in [-0.2, 0) is 4.79 Å². The Labute approximate surface area is 158 Å². The van der Waals surface area contributed by atoms with Crippen LogP contribution in [-0.4, -0.2) is 26.4 Å². The highest BCUT2D eigenvalue weighted by molar-refractivity contribution is 8.27. The molecule has 2 N–H and O–H groups in total. The summed E-state index contributed by atoms with van der Waals surface area (Å²) in [4.78, 5) is 25.5. The normalized spacial score (nSPS) is 15.3. The van der Waals surface area contributed by atoms with E-state index in [4.69, 9.17) is 22.6 Å². The monoisotopic (exact) mass is 382 g/mol. The van der Waals surface area contributed by atoms with Crippen molar-refractivity contribution in [1.29, 1.82) is 5.26 Å². The zero-order valence-corrected chi connectivity index (χ0v) is 14.7. The molecule has 0 bridgehead atoms. The van der Waals surface area contributed by atoms with E-state index in [1.54, 1.807) is 30.3 Å². The highest BCUT2D eigenvalue weighted by Gasteiger charge is 2.33. The summed E-state index contributed by atoms with van der Waals surface area (Å²) in [5.74, 6) is -2.07. The summed E-state index contributed by atoms with van der Waals surface area (Å²) in [6, 6.07) is 12.6. The third kappa shape index (κ3) is 3.31. The fourth-order valence-corrected chi connectivity index (χ4v) is 3.63. The molecule has 1 aliphatic rings. The molecule has 8 heteroatoms. The number of carbonyl (C=O) groups is 2. The lowest BCUT2D eigenvalue weighted by atomic mass is 10.1. The Morgan fingerprint density at radius 2 is 1.92 bits per heavy atom. The molecule has 3 rings (SSSR count). The van der Waals surface area contributed by atoms with Gasteiger partial charge in [0.15, 0.2) is 4.32 Å². The standard InChI is InChI=1S/C18H10N2O4S2/c19-9-11-3-1-10(2-4-11)7-15-16(22)20(18(25)26-15)12-5-6-14(21)13(8-12)17(23)24/h1-8,21H,(H,23,24)/b15-7-. The molecule has 128 valence electrons. The van der Waals surface area contributed by atoms with Crippen LogP contribution in [0.5, 0.6) is 5.75 Å². The van der Waals surface area contributed by atoms with Crippen molar-refractivity contribution in [3.63, 3.8) is 0 Å². The van der Waals surface area contributed by atoms with Crippen LogP contribution in [0.3, 0.4) is 0 Å². The van der Waals surface area contributed by atoms with Gasteiger partial charge in [-0.2, -0.15) is 5.26 Å². The van der Waals surface area contributed by atoms with Crippen LogP contribution in [0.1, 0.15) is 21.5 Å². The van der Waals surface area contributed by atoms with E-state index >= 15 is 0 Å². The van der Waals surface area contributed by atoms with E-state index in [9.17, 15) is 14.7 Å². The number of carboxylic acids is 1. The molecule has 6 nitrogen and oxygen atoms in total. The van der Waals surface area contributed by atoms with Crippen molar-refractivity contribution in [2.24, 2.45) is 0 Å². The molecule has 0 spiro atoms. The number of nitriles is 1. The highest BCUT2D eigenvalue weighted by atomic mass is 32.2. The molecule has 0 saturated carbocycles. The summed E-state index contributed by atoms with van der Waals surface area (Å²) in [7, 11) is 0. The van der Waals surface area contributed by atoms with Gasteiger partial charge in [-0.15, -0.1) is 0 Å². The van der Waals surface area contributed by atoms with Gasteiger partial charge in [-0.3, -0.25) is 9.69 Å². The van der Waals surface area contributed by atoms with Crippen molar-refractivity contribution < 1.29 is 19.8 Å². The highest BCUT2D eigenvalue weighted by Crippen LogP contribution is 2.37. The van der Waals surface area contributed by atoms with Crippen LogP contribution < -0.4 is 4.90 Å². The number of hydrogen-bond acceptors (Lipinski definition) is 6. The topological polar surface area (TPSA) is 102 Å². The van der Waals surface area contributed by atoms with Crippen molar-refractivity contribution in [2.75, 3.05) is 4.90 Å². The van der Waals surface area contributed by atoms with Gasteiger partial charge in [-0.25, -0.2) is 4.79 Å². The van der Waals surface area contributed by atoms with E-state index in [2.05, 4.69) is 0 Å². The number of hydrogen-bond donors (Lipinski definition) is 2. The molecule has 0 aromatic heterocycles. The Morgan fingerprint density at radius 1 is 1.23 bits per heavy atom. The average molecular weight is 382 g/mol. The molecule has 0 unspecified atom stereocenters. The second-order valence-corrected chi connectivity index (χ2v) is 6.93. The van der Waals surface area contributed by atoms with Gasteiger partial charge in [0, 0.05) is 0 Å². The van der Waals surface area contributed by atoms with E-state index in [1.807, 2.05) is 6.07 Å². The third-order valence-electron chi connectivity index (χ3n) is 3.60. The summed E-state index contributed by atoms with van der Waals surface area (Å²) in [6.45, 7) is 0. The van der Waals surface area contributed by atoms with Crippen LogP contribution >= 0.6 is 24.0 Å². The number of thiocarbonyl (C=S) groups is 1. The quantitative estimate of drug-likeness (QED) is 0.620. The number of amides is 1. The maximum Gasteiger partial charge on any atom is 0.339 e. The van der Waals surface area contributed by atoms with Crippen molar-refractivity contribution in [3.8, 4) is 11.8 Å². The Balaban J connectivity index is 1.94. The summed E-state index contributed by atoms with van der Waals surface area (Å²) in [6.07, 6.45) is 1.65. The van der Waals surface area contributed by atoms with E-state index in [-0.39, 0.29) is 27.2 Å². The summed E-state index contributed by atoms with van der Waals surface area (Å²) in [5, 5.41) is 27.6. The predicted molar refractivity (Wildman–Crippen MR) is 102 cm³/mol. The van der Waals surface area contributed by atoms with Crippen LogP contribution in [0.4, 0.5) is 5.69 Å². The molecule has 0 radical (unpaired) electrons. The number of rotatable bonds is 3. The number of thioether (sulfide) groups is 1. The number of carbonyl (C=O) groups excluding carboxylic acids is 1. The Bertz CT molecular complexity index is 1010. The van der Waals surface area contributed by atoms with Crippen molar-refractivity contribution in [3.05, 3.63) is 64.1 Å². The van der Waals surface area contributed by atoms with Gasteiger partial charge in [-0.1, -0.05) is 36.1 Å². The second kappa shape index (κ2) is 7.00. The van der Waals surface area contributed by atoms with Gasteiger partial charge in [0.1, 0.15) is 11.3 Å². The van der Waals surface area contributed by atoms with E-state index in [0.29, 0.717) is 10.5 Å². The maximum atomic E-state index is 12.7. The molecular weight excluding hydrogens is 372 g/mol. The van der Waals surface area contributed by atoms with E-state index in [0.717, 1.165) is 17.3 Å². The smallest absolute Gasteiger partial charge is 0.339 e. The molecule has 26 heavy (non-hydrogen) atoms. The van der Waals surface area contributed by atoms with Gasteiger partial charge in [-0.05, 0) is 42.0 Å². The Hall–Kier alpha value is -3.15. The fourth-order valence-electron chi connectivity index (χ4n) is 2.33. The lowest BCUT2D eigenvalue weighted by Crippen LogP contribution is -2.27. The SMILES string of the molecule is N#Cc1ccc(/C=C2\SC(=S)N(c3ccc(O)c(C(=O)O)c3)C2=O)cc1. The summed E-state index contributed by atoms with van der Waals surface area (Å²) >= 11 is 6.34. The zero-order chi connectivity index (χ0) is 18.8. The number of anilines is 1. The number of phenols is 1. The zero-order valence-electron chi connectivity index (χ0n) is 13.0. The minimum Gasteiger partial charge on any atom is -0.507 e. The predicted octanol–water partition coefficient (Wildman–Crippen LogP) is 3.37.